The van der Waals surface area contributed by atoms with Crippen LogP contribution in [-0.4, -0.2) is 10.7 Å². The van der Waals surface area contributed by atoms with E-state index in [1.165, 1.54) is 0 Å². The first-order valence-electron chi connectivity index (χ1n) is 4.75. The molecule has 76 valence electrons. The Morgan fingerprint density at radius 2 is 2.27 bits per heavy atom. The third-order valence-corrected chi connectivity index (χ3v) is 2.85. The van der Waals surface area contributed by atoms with Gasteiger partial charge in [0.15, 0.2) is 5.58 Å². The molecule has 15 heavy (non-hydrogen) atoms. The minimum atomic E-state index is 0.591. The van der Waals surface area contributed by atoms with Gasteiger partial charge >= 0.3 is 0 Å². The Morgan fingerprint density at radius 1 is 1.40 bits per heavy atom. The molecule has 0 unspecified atom stereocenters. The summed E-state index contributed by atoms with van der Waals surface area (Å²) in [6, 6.07) is 9.82. The minimum absolute atomic E-state index is 0.591. The molecular formula is C11H10N2OS. The monoisotopic (exact) mass is 218 g/mol. The van der Waals surface area contributed by atoms with Crippen LogP contribution in [0.15, 0.2) is 33.9 Å². The number of fused-ring (bicyclic) bond motifs is 1. The number of para-hydroxylation sites is 2. The van der Waals surface area contributed by atoms with Crippen LogP contribution in [0.4, 0.5) is 0 Å². The fourth-order valence-electron chi connectivity index (χ4n) is 1.22. The Labute approximate surface area is 92.1 Å². The van der Waals surface area contributed by atoms with Gasteiger partial charge in [-0.05, 0) is 18.6 Å². The lowest BCUT2D eigenvalue weighted by molar-refractivity contribution is 0.489. The van der Waals surface area contributed by atoms with Gasteiger partial charge in [0.1, 0.15) is 5.52 Å². The Bertz CT molecular complexity index is 454. The zero-order chi connectivity index (χ0) is 10.5. The van der Waals surface area contributed by atoms with Crippen LogP contribution in [0.5, 0.6) is 0 Å². The smallest absolute Gasteiger partial charge is 0.256 e. The molecule has 0 aliphatic heterocycles. The summed E-state index contributed by atoms with van der Waals surface area (Å²) in [5, 5.41) is 9.07. The molecule has 0 radical (unpaired) electrons. The molecule has 0 saturated heterocycles. The van der Waals surface area contributed by atoms with E-state index in [4.69, 9.17) is 9.68 Å². The predicted octanol–water partition coefficient (Wildman–Crippen LogP) is 3.22. The fourth-order valence-corrected chi connectivity index (χ4v) is 2.00. The van der Waals surface area contributed by atoms with Crippen molar-refractivity contribution < 1.29 is 4.42 Å². The van der Waals surface area contributed by atoms with E-state index in [0.29, 0.717) is 11.6 Å². The van der Waals surface area contributed by atoms with Gasteiger partial charge in [0.05, 0.1) is 6.07 Å². The van der Waals surface area contributed by atoms with Gasteiger partial charge in [0.25, 0.3) is 5.22 Å². The predicted molar refractivity (Wildman–Crippen MR) is 59.6 cm³/mol. The summed E-state index contributed by atoms with van der Waals surface area (Å²) in [6.07, 6.45) is 1.47. The van der Waals surface area contributed by atoms with E-state index in [2.05, 4.69) is 11.1 Å². The van der Waals surface area contributed by atoms with Crippen molar-refractivity contribution in [2.75, 3.05) is 5.75 Å². The Hall–Kier alpha value is -1.47. The van der Waals surface area contributed by atoms with E-state index in [9.17, 15) is 0 Å². The largest absolute Gasteiger partial charge is 0.431 e. The molecule has 1 aromatic heterocycles. The summed E-state index contributed by atoms with van der Waals surface area (Å²) < 4.78 is 5.52. The highest BCUT2D eigenvalue weighted by molar-refractivity contribution is 7.99. The zero-order valence-electron chi connectivity index (χ0n) is 8.14. The summed E-state index contributed by atoms with van der Waals surface area (Å²) >= 11 is 1.56. The first-order chi connectivity index (χ1) is 7.40. The molecule has 0 saturated carbocycles. The van der Waals surface area contributed by atoms with Gasteiger partial charge in [-0.2, -0.15) is 5.26 Å². The molecule has 0 fully saturated rings. The van der Waals surface area contributed by atoms with Gasteiger partial charge in [0.2, 0.25) is 0 Å². The lowest BCUT2D eigenvalue weighted by atomic mass is 10.3. The van der Waals surface area contributed by atoms with Gasteiger partial charge in [0, 0.05) is 12.2 Å². The van der Waals surface area contributed by atoms with E-state index in [-0.39, 0.29) is 0 Å². The summed E-state index contributed by atoms with van der Waals surface area (Å²) in [5.74, 6) is 0.875. The number of unbranched alkanes of at least 4 members (excludes halogenated alkanes) is 1. The average molecular weight is 218 g/mol. The van der Waals surface area contributed by atoms with E-state index >= 15 is 0 Å². The van der Waals surface area contributed by atoms with Gasteiger partial charge in [-0.15, -0.1) is 0 Å². The molecular weight excluding hydrogens is 208 g/mol. The number of aromatic nitrogens is 1. The standard InChI is InChI=1S/C11H10N2OS/c12-7-3-4-8-15-11-13-9-5-1-2-6-10(9)14-11/h1-2,5-6H,3-4,8H2. The van der Waals surface area contributed by atoms with Crippen molar-refractivity contribution in [2.24, 2.45) is 0 Å². The molecule has 1 heterocycles. The molecule has 3 nitrogen and oxygen atoms in total. The van der Waals surface area contributed by atoms with Crippen molar-refractivity contribution in [3.05, 3.63) is 24.3 Å². The van der Waals surface area contributed by atoms with E-state index in [0.717, 1.165) is 23.3 Å². The maximum atomic E-state index is 8.38. The number of oxazole rings is 1. The Morgan fingerprint density at radius 3 is 3.07 bits per heavy atom. The summed E-state index contributed by atoms with van der Waals surface area (Å²) in [6.45, 7) is 0. The van der Waals surface area contributed by atoms with Crippen LogP contribution in [0.2, 0.25) is 0 Å². The molecule has 2 rings (SSSR count). The molecule has 0 atom stereocenters. The number of nitrogens with zero attached hydrogens (tertiary/aromatic N) is 2. The topological polar surface area (TPSA) is 49.8 Å². The van der Waals surface area contributed by atoms with E-state index < -0.39 is 0 Å². The van der Waals surface area contributed by atoms with Crippen LogP contribution in [0, 0.1) is 11.3 Å². The maximum absolute atomic E-state index is 8.38. The number of hydrogen-bond donors (Lipinski definition) is 0. The molecule has 0 bridgehead atoms. The van der Waals surface area contributed by atoms with Crippen molar-refractivity contribution in [2.45, 2.75) is 18.1 Å². The van der Waals surface area contributed by atoms with Crippen LogP contribution < -0.4 is 0 Å². The van der Waals surface area contributed by atoms with Gasteiger partial charge < -0.3 is 4.42 Å². The molecule has 0 aliphatic carbocycles. The van der Waals surface area contributed by atoms with Crippen molar-refractivity contribution >= 4 is 22.9 Å². The average Bonchev–Trinajstić information content (AvgIpc) is 2.67. The number of hydrogen-bond acceptors (Lipinski definition) is 4. The lowest BCUT2D eigenvalue weighted by Gasteiger charge is -1.91. The number of nitriles is 1. The third kappa shape index (κ3) is 2.51. The summed E-state index contributed by atoms with van der Waals surface area (Å²) in [5.41, 5.74) is 1.71. The van der Waals surface area contributed by atoms with Crippen molar-refractivity contribution in [1.82, 2.24) is 4.98 Å². The Kier molecular flexibility index (Phi) is 3.25. The highest BCUT2D eigenvalue weighted by atomic mass is 32.2. The summed E-state index contributed by atoms with van der Waals surface area (Å²) in [7, 11) is 0. The van der Waals surface area contributed by atoms with Crippen LogP contribution in [0.25, 0.3) is 11.1 Å². The second kappa shape index (κ2) is 4.85. The molecule has 0 N–H and O–H groups in total. The molecule has 0 aliphatic rings. The molecule has 0 amide bonds. The Balaban J connectivity index is 2.00. The maximum Gasteiger partial charge on any atom is 0.256 e. The first-order valence-corrected chi connectivity index (χ1v) is 5.74. The van der Waals surface area contributed by atoms with Crippen LogP contribution in [0.3, 0.4) is 0 Å². The van der Waals surface area contributed by atoms with Gasteiger partial charge in [-0.3, -0.25) is 0 Å². The van der Waals surface area contributed by atoms with Crippen molar-refractivity contribution in [3.8, 4) is 6.07 Å². The van der Waals surface area contributed by atoms with E-state index in [1.54, 1.807) is 11.8 Å². The number of benzene rings is 1. The minimum Gasteiger partial charge on any atom is -0.431 e. The molecule has 0 spiro atoms. The van der Waals surface area contributed by atoms with Gasteiger partial charge in [-0.1, -0.05) is 23.9 Å². The molecule has 4 heteroatoms. The zero-order valence-corrected chi connectivity index (χ0v) is 8.96. The number of rotatable bonds is 4. The quantitative estimate of drug-likeness (QED) is 0.584. The van der Waals surface area contributed by atoms with Crippen LogP contribution in [0.1, 0.15) is 12.8 Å². The normalized spacial score (nSPS) is 10.3. The van der Waals surface area contributed by atoms with Crippen LogP contribution >= 0.6 is 11.8 Å². The van der Waals surface area contributed by atoms with Crippen molar-refractivity contribution in [3.63, 3.8) is 0 Å². The van der Waals surface area contributed by atoms with E-state index in [1.807, 2.05) is 24.3 Å². The highest BCUT2D eigenvalue weighted by Gasteiger charge is 2.04. The lowest BCUT2D eigenvalue weighted by Crippen LogP contribution is -1.78. The van der Waals surface area contributed by atoms with Gasteiger partial charge in [-0.25, -0.2) is 4.98 Å². The number of thioether (sulfide) groups is 1. The van der Waals surface area contributed by atoms with Crippen LogP contribution in [-0.2, 0) is 0 Å². The highest BCUT2D eigenvalue weighted by Crippen LogP contribution is 2.23. The molecule has 2 aromatic rings. The van der Waals surface area contributed by atoms with Crippen molar-refractivity contribution in [1.29, 1.82) is 5.26 Å². The summed E-state index contributed by atoms with van der Waals surface area (Å²) in [4.78, 5) is 4.32. The second-order valence-corrected chi connectivity index (χ2v) is 4.10. The SMILES string of the molecule is N#CCCCSc1nc2ccccc2o1. The second-order valence-electron chi connectivity index (χ2n) is 3.06. The fraction of sp³-hybridized carbons (Fsp3) is 0.273. The third-order valence-electron chi connectivity index (χ3n) is 1.93. The first kappa shape index (κ1) is 10.1. The molecule has 1 aromatic carbocycles.